The first kappa shape index (κ1) is 16.5. The molecule has 0 bridgehead atoms. The Morgan fingerprint density at radius 1 is 0.941 bits per heavy atom. The third kappa shape index (κ3) is 9.21. The molecule has 2 unspecified atom stereocenters. The molecule has 0 radical (unpaired) electrons. The van der Waals surface area contributed by atoms with Gasteiger partial charge in [-0.15, -0.1) is 23.2 Å². The first-order valence-corrected chi connectivity index (χ1v) is 6.10. The highest BCUT2D eigenvalue weighted by molar-refractivity contribution is 6.18. The lowest BCUT2D eigenvalue weighted by Gasteiger charge is -2.17. The number of carbonyl (C=O) groups is 2. The van der Waals surface area contributed by atoms with Crippen LogP contribution in [0.2, 0.25) is 0 Å². The lowest BCUT2D eigenvalue weighted by Crippen LogP contribution is -2.29. The molecule has 0 N–H and O–H groups in total. The minimum absolute atomic E-state index is 0.137. The second-order valence-electron chi connectivity index (χ2n) is 3.31. The van der Waals surface area contributed by atoms with E-state index < -0.39 is 24.1 Å². The van der Waals surface area contributed by atoms with Crippen molar-refractivity contribution in [2.45, 2.75) is 26.1 Å². The van der Waals surface area contributed by atoms with Crippen LogP contribution in [0.3, 0.4) is 0 Å². The number of alkyl halides is 2. The highest BCUT2D eigenvalue weighted by Gasteiger charge is 2.14. The molecule has 0 aliphatic heterocycles. The molecule has 0 aromatic carbocycles. The van der Waals surface area contributed by atoms with Crippen LogP contribution in [0.4, 0.5) is 0 Å². The lowest BCUT2D eigenvalue weighted by atomic mass is 10.4. The van der Waals surface area contributed by atoms with Crippen molar-refractivity contribution in [3.8, 4) is 0 Å². The Kier molecular flexibility index (Phi) is 9.21. The van der Waals surface area contributed by atoms with Gasteiger partial charge in [-0.05, 0) is 0 Å². The predicted molar refractivity (Wildman–Crippen MR) is 63.4 cm³/mol. The van der Waals surface area contributed by atoms with Gasteiger partial charge in [0.1, 0.15) is 12.2 Å². The average Bonchev–Trinajstić information content (AvgIpc) is 2.25. The zero-order valence-corrected chi connectivity index (χ0v) is 11.3. The van der Waals surface area contributed by atoms with Gasteiger partial charge in [0.15, 0.2) is 0 Å². The lowest BCUT2D eigenvalue weighted by molar-refractivity contribution is -0.151. The summed E-state index contributed by atoms with van der Waals surface area (Å²) in [6.07, 6.45) is -1.02. The van der Waals surface area contributed by atoms with E-state index in [1.165, 1.54) is 13.8 Å². The Bertz CT molecular complexity index is 223. The van der Waals surface area contributed by atoms with Crippen molar-refractivity contribution in [1.82, 2.24) is 0 Å². The summed E-state index contributed by atoms with van der Waals surface area (Å²) >= 11 is 11.2. The van der Waals surface area contributed by atoms with E-state index in [4.69, 9.17) is 37.4 Å². The van der Waals surface area contributed by atoms with Gasteiger partial charge >= 0.3 is 11.9 Å². The maximum Gasteiger partial charge on any atom is 0.303 e. The summed E-state index contributed by atoms with van der Waals surface area (Å²) in [6.45, 7) is 2.86. The summed E-state index contributed by atoms with van der Waals surface area (Å²) in [5.74, 6) is -0.571. The fraction of sp³-hybridized carbons (Fsp3) is 0.800. The Hall–Kier alpha value is -0.520. The monoisotopic (exact) mass is 286 g/mol. The van der Waals surface area contributed by atoms with E-state index in [1.54, 1.807) is 0 Å². The molecular formula is C10H16Cl2O5. The molecule has 0 amide bonds. The van der Waals surface area contributed by atoms with Crippen LogP contribution in [-0.2, 0) is 23.8 Å². The maximum atomic E-state index is 10.7. The molecule has 0 aromatic rings. The smallest absolute Gasteiger partial charge is 0.303 e. The van der Waals surface area contributed by atoms with Gasteiger partial charge in [0.2, 0.25) is 0 Å². The van der Waals surface area contributed by atoms with E-state index in [1.807, 2.05) is 0 Å². The standard InChI is InChI=1S/C10H16Cl2O5/c1-7(13)16-9(3-11)5-15-6-10(4-12)17-8(2)14/h9-10H,3-6H2,1-2H3. The fourth-order valence-electron chi connectivity index (χ4n) is 1.02. The first-order valence-electron chi connectivity index (χ1n) is 5.03. The summed E-state index contributed by atoms with van der Waals surface area (Å²) in [4.78, 5) is 21.4. The molecule has 17 heavy (non-hydrogen) atoms. The number of ether oxygens (including phenoxy) is 3. The van der Waals surface area contributed by atoms with E-state index in [9.17, 15) is 9.59 Å². The molecule has 0 spiro atoms. The zero-order valence-electron chi connectivity index (χ0n) is 9.78. The zero-order chi connectivity index (χ0) is 13.3. The van der Waals surface area contributed by atoms with Gasteiger partial charge in [0.05, 0.1) is 25.0 Å². The molecule has 0 fully saturated rings. The Morgan fingerprint density at radius 2 is 1.29 bits per heavy atom. The fourth-order valence-corrected chi connectivity index (χ4v) is 1.32. The van der Waals surface area contributed by atoms with Gasteiger partial charge < -0.3 is 14.2 Å². The van der Waals surface area contributed by atoms with Crippen molar-refractivity contribution < 1.29 is 23.8 Å². The third-order valence-electron chi connectivity index (χ3n) is 1.62. The van der Waals surface area contributed by atoms with Gasteiger partial charge in [-0.3, -0.25) is 9.59 Å². The van der Waals surface area contributed by atoms with Crippen molar-refractivity contribution >= 4 is 35.1 Å². The van der Waals surface area contributed by atoms with Crippen LogP contribution in [-0.4, -0.2) is 49.1 Å². The molecule has 0 aliphatic rings. The molecule has 5 nitrogen and oxygen atoms in total. The number of hydrogen-bond acceptors (Lipinski definition) is 5. The Labute approximate surface area is 110 Å². The number of hydrogen-bond donors (Lipinski definition) is 0. The summed E-state index contributed by atoms with van der Waals surface area (Å²) in [5.41, 5.74) is 0. The van der Waals surface area contributed by atoms with Crippen LogP contribution < -0.4 is 0 Å². The first-order chi connectivity index (χ1) is 7.99. The number of rotatable bonds is 8. The molecule has 100 valence electrons. The van der Waals surface area contributed by atoms with Crippen molar-refractivity contribution in [2.75, 3.05) is 25.0 Å². The van der Waals surface area contributed by atoms with Crippen LogP contribution in [0.5, 0.6) is 0 Å². The number of halogens is 2. The third-order valence-corrected chi connectivity index (χ3v) is 2.31. The molecule has 0 heterocycles. The van der Waals surface area contributed by atoms with Crippen molar-refractivity contribution in [1.29, 1.82) is 0 Å². The van der Waals surface area contributed by atoms with Gasteiger partial charge in [0, 0.05) is 13.8 Å². The highest BCUT2D eigenvalue weighted by Crippen LogP contribution is 2.01. The number of esters is 2. The van der Waals surface area contributed by atoms with Crippen LogP contribution in [0, 0.1) is 0 Å². The van der Waals surface area contributed by atoms with Crippen LogP contribution in [0.1, 0.15) is 13.8 Å². The van der Waals surface area contributed by atoms with Crippen molar-refractivity contribution in [3.05, 3.63) is 0 Å². The quantitative estimate of drug-likeness (QED) is 0.498. The molecule has 0 rings (SSSR count). The van der Waals surface area contributed by atoms with E-state index >= 15 is 0 Å². The van der Waals surface area contributed by atoms with E-state index in [-0.39, 0.29) is 25.0 Å². The van der Waals surface area contributed by atoms with E-state index in [0.717, 1.165) is 0 Å². The number of carbonyl (C=O) groups excluding carboxylic acids is 2. The summed E-state index contributed by atoms with van der Waals surface area (Å²) < 4.78 is 14.9. The van der Waals surface area contributed by atoms with Gasteiger partial charge in [-0.25, -0.2) is 0 Å². The molecule has 0 saturated carbocycles. The van der Waals surface area contributed by atoms with Crippen molar-refractivity contribution in [2.24, 2.45) is 0 Å². The second kappa shape index (κ2) is 9.50. The molecule has 2 atom stereocenters. The largest absolute Gasteiger partial charge is 0.459 e. The summed E-state index contributed by atoms with van der Waals surface area (Å²) in [6, 6.07) is 0. The molecule has 0 aliphatic carbocycles. The van der Waals surface area contributed by atoms with Gasteiger partial charge in [-0.2, -0.15) is 0 Å². The van der Waals surface area contributed by atoms with Crippen molar-refractivity contribution in [3.63, 3.8) is 0 Å². The van der Waals surface area contributed by atoms with Gasteiger partial charge in [0.25, 0.3) is 0 Å². The molecule has 0 saturated heterocycles. The Morgan fingerprint density at radius 3 is 1.53 bits per heavy atom. The molecular weight excluding hydrogens is 271 g/mol. The maximum absolute atomic E-state index is 10.7. The molecule has 0 aromatic heterocycles. The van der Waals surface area contributed by atoms with E-state index in [2.05, 4.69) is 0 Å². The normalized spacial score (nSPS) is 13.9. The minimum atomic E-state index is -0.512. The summed E-state index contributed by atoms with van der Waals surface area (Å²) in [7, 11) is 0. The Balaban J connectivity index is 3.84. The predicted octanol–water partition coefficient (Wildman–Crippen LogP) is 1.34. The molecule has 7 heteroatoms. The topological polar surface area (TPSA) is 61.8 Å². The van der Waals surface area contributed by atoms with E-state index in [0.29, 0.717) is 0 Å². The second-order valence-corrected chi connectivity index (χ2v) is 3.93. The summed E-state index contributed by atoms with van der Waals surface area (Å²) in [5, 5.41) is 0. The van der Waals surface area contributed by atoms with Gasteiger partial charge in [-0.1, -0.05) is 0 Å². The van der Waals surface area contributed by atoms with Crippen LogP contribution >= 0.6 is 23.2 Å². The van der Waals surface area contributed by atoms with Crippen LogP contribution in [0.25, 0.3) is 0 Å². The SMILES string of the molecule is CC(=O)OC(CCl)COCC(CCl)OC(C)=O. The van der Waals surface area contributed by atoms with Crippen LogP contribution in [0.15, 0.2) is 0 Å². The highest BCUT2D eigenvalue weighted by atomic mass is 35.5. The minimum Gasteiger partial charge on any atom is -0.459 e. The average molecular weight is 287 g/mol.